The quantitative estimate of drug-likeness (QED) is 0.719. The summed E-state index contributed by atoms with van der Waals surface area (Å²) in [6.07, 6.45) is 8.25. The number of nitrogens with zero attached hydrogens (tertiary/aromatic N) is 6. The molecule has 1 saturated heterocycles. The molecule has 2 aliphatic rings. The third-order valence-corrected chi connectivity index (χ3v) is 6.20. The van der Waals surface area contributed by atoms with E-state index in [1.807, 2.05) is 18.9 Å². The molecule has 1 aliphatic carbocycles. The van der Waals surface area contributed by atoms with Crippen LogP contribution in [0.1, 0.15) is 48.8 Å². The van der Waals surface area contributed by atoms with Crippen LogP contribution in [0.4, 0.5) is 11.5 Å². The highest BCUT2D eigenvalue weighted by atomic mass is 16.5. The molecule has 8 heteroatoms. The van der Waals surface area contributed by atoms with Crippen molar-refractivity contribution < 1.29 is 4.74 Å². The van der Waals surface area contributed by atoms with Gasteiger partial charge in [-0.2, -0.15) is 5.10 Å². The molecule has 30 heavy (non-hydrogen) atoms. The molecule has 0 unspecified atom stereocenters. The van der Waals surface area contributed by atoms with Crippen molar-refractivity contribution >= 4 is 11.5 Å². The Morgan fingerprint density at radius 2 is 2.07 bits per heavy atom. The van der Waals surface area contributed by atoms with Gasteiger partial charge in [0.2, 0.25) is 0 Å². The summed E-state index contributed by atoms with van der Waals surface area (Å²) >= 11 is 0. The van der Waals surface area contributed by atoms with E-state index in [1.165, 1.54) is 24.1 Å². The van der Waals surface area contributed by atoms with Crippen LogP contribution in [0.2, 0.25) is 0 Å². The number of ether oxygens (including phenoxy) is 1. The van der Waals surface area contributed by atoms with Gasteiger partial charge in [-0.15, -0.1) is 0 Å². The van der Waals surface area contributed by atoms with E-state index in [1.54, 1.807) is 24.1 Å². The fraction of sp³-hybridized carbons (Fsp3) is 0.636. The average Bonchev–Trinajstić information content (AvgIpc) is 2.76. The van der Waals surface area contributed by atoms with E-state index in [0.717, 1.165) is 62.6 Å². The fourth-order valence-electron chi connectivity index (χ4n) is 4.55. The molecule has 0 saturated carbocycles. The van der Waals surface area contributed by atoms with Crippen molar-refractivity contribution in [3.8, 4) is 0 Å². The number of aryl methyl sites for hydroxylation is 2. The first-order chi connectivity index (χ1) is 14.6. The molecule has 0 aromatic carbocycles. The van der Waals surface area contributed by atoms with Crippen LogP contribution in [-0.4, -0.2) is 60.1 Å². The minimum absolute atomic E-state index is 0.0514. The predicted octanol–water partition coefficient (Wildman–Crippen LogP) is 2.14. The Hall–Kier alpha value is -2.48. The zero-order valence-electron chi connectivity index (χ0n) is 18.3. The van der Waals surface area contributed by atoms with Gasteiger partial charge in [0, 0.05) is 51.1 Å². The Kier molecular flexibility index (Phi) is 6.32. The van der Waals surface area contributed by atoms with Gasteiger partial charge in [-0.25, -0.2) is 14.6 Å². The van der Waals surface area contributed by atoms with Crippen LogP contribution in [-0.2, 0) is 17.6 Å². The van der Waals surface area contributed by atoms with Crippen molar-refractivity contribution in [3.63, 3.8) is 0 Å². The lowest BCUT2D eigenvalue weighted by Gasteiger charge is -2.36. The van der Waals surface area contributed by atoms with Crippen LogP contribution in [0.5, 0.6) is 0 Å². The number of piperidine rings is 1. The Bertz CT molecular complexity index is 944. The van der Waals surface area contributed by atoms with Crippen LogP contribution in [0.25, 0.3) is 0 Å². The summed E-state index contributed by atoms with van der Waals surface area (Å²) in [4.78, 5) is 26.7. The Morgan fingerprint density at radius 3 is 2.87 bits per heavy atom. The lowest BCUT2D eigenvalue weighted by atomic mass is 9.95. The van der Waals surface area contributed by atoms with E-state index in [0.29, 0.717) is 6.61 Å². The highest BCUT2D eigenvalue weighted by Crippen LogP contribution is 2.31. The summed E-state index contributed by atoms with van der Waals surface area (Å²) in [6, 6.07) is 1.73. The second-order valence-corrected chi connectivity index (χ2v) is 8.38. The fourth-order valence-corrected chi connectivity index (χ4v) is 4.55. The highest BCUT2D eigenvalue weighted by molar-refractivity contribution is 5.51. The van der Waals surface area contributed by atoms with Crippen LogP contribution in [0.15, 0.2) is 17.1 Å². The minimum Gasteiger partial charge on any atom is -0.383 e. The SMILES string of the molecule is COCCN(C)c1cnn([C@@H]2CCCN(c3nc(C)nc4c3CCCC4)C2)c(=O)c1. The van der Waals surface area contributed by atoms with Crippen LogP contribution in [0.3, 0.4) is 0 Å². The molecular formula is C22H32N6O2. The van der Waals surface area contributed by atoms with Gasteiger partial charge in [0.05, 0.1) is 24.5 Å². The van der Waals surface area contributed by atoms with Crippen LogP contribution >= 0.6 is 0 Å². The van der Waals surface area contributed by atoms with Crippen LogP contribution < -0.4 is 15.4 Å². The van der Waals surface area contributed by atoms with E-state index in [4.69, 9.17) is 9.72 Å². The van der Waals surface area contributed by atoms with E-state index in [-0.39, 0.29) is 11.6 Å². The number of hydrogen-bond acceptors (Lipinski definition) is 7. The summed E-state index contributed by atoms with van der Waals surface area (Å²) in [5.41, 5.74) is 3.29. The monoisotopic (exact) mass is 412 g/mol. The first kappa shape index (κ1) is 20.8. The first-order valence-corrected chi connectivity index (χ1v) is 11.0. The summed E-state index contributed by atoms with van der Waals surface area (Å²) < 4.78 is 6.78. The topological polar surface area (TPSA) is 76.4 Å². The highest BCUT2D eigenvalue weighted by Gasteiger charge is 2.27. The van der Waals surface area contributed by atoms with E-state index >= 15 is 0 Å². The van der Waals surface area contributed by atoms with Crippen molar-refractivity contribution in [3.05, 3.63) is 39.7 Å². The number of methoxy groups -OCH3 is 1. The largest absolute Gasteiger partial charge is 0.383 e. The molecule has 1 atom stereocenters. The van der Waals surface area contributed by atoms with Crippen molar-refractivity contribution in [2.75, 3.05) is 50.2 Å². The second kappa shape index (κ2) is 9.12. The maximum Gasteiger partial charge on any atom is 0.269 e. The number of likely N-dealkylation sites (N-methyl/N-ethyl adjacent to an activating group) is 1. The Labute approximate surface area is 177 Å². The molecule has 3 heterocycles. The lowest BCUT2D eigenvalue weighted by molar-refractivity contribution is 0.206. The standard InChI is InChI=1S/C22H32N6O2/c1-16-24-20-9-5-4-8-19(20)22(25-16)27-10-6-7-17(15-27)28-21(29)13-18(14-23-28)26(2)11-12-30-3/h13-14,17H,4-12,15H2,1-3H3/t17-/m1/s1. The smallest absolute Gasteiger partial charge is 0.269 e. The summed E-state index contributed by atoms with van der Waals surface area (Å²) in [6.45, 7) is 5.03. The number of fused-ring (bicyclic) bond motifs is 1. The van der Waals surface area contributed by atoms with Gasteiger partial charge in [0.15, 0.2) is 0 Å². The second-order valence-electron chi connectivity index (χ2n) is 8.38. The Balaban J connectivity index is 1.55. The number of rotatable bonds is 6. The third kappa shape index (κ3) is 4.33. The molecule has 1 aliphatic heterocycles. The molecule has 2 aromatic rings. The number of hydrogen-bond donors (Lipinski definition) is 0. The Morgan fingerprint density at radius 1 is 1.23 bits per heavy atom. The molecule has 8 nitrogen and oxygen atoms in total. The molecule has 0 radical (unpaired) electrons. The maximum atomic E-state index is 12.8. The van der Waals surface area contributed by atoms with Gasteiger partial charge in [0.25, 0.3) is 5.56 Å². The minimum atomic E-state index is -0.0514. The molecule has 2 aromatic heterocycles. The summed E-state index contributed by atoms with van der Waals surface area (Å²) in [5.74, 6) is 1.91. The maximum absolute atomic E-state index is 12.8. The van der Waals surface area contributed by atoms with Gasteiger partial charge in [-0.1, -0.05) is 0 Å². The lowest BCUT2D eigenvalue weighted by Crippen LogP contribution is -2.42. The zero-order chi connectivity index (χ0) is 21.1. The number of anilines is 2. The molecule has 0 spiro atoms. The molecular weight excluding hydrogens is 380 g/mol. The average molecular weight is 413 g/mol. The van der Waals surface area contributed by atoms with Crippen molar-refractivity contribution in [2.24, 2.45) is 0 Å². The van der Waals surface area contributed by atoms with E-state index < -0.39 is 0 Å². The normalized spacial score (nSPS) is 18.9. The van der Waals surface area contributed by atoms with Crippen molar-refractivity contribution in [2.45, 2.75) is 51.5 Å². The van der Waals surface area contributed by atoms with Crippen molar-refractivity contribution in [1.29, 1.82) is 0 Å². The van der Waals surface area contributed by atoms with Crippen molar-refractivity contribution in [1.82, 2.24) is 19.7 Å². The molecule has 162 valence electrons. The summed E-state index contributed by atoms with van der Waals surface area (Å²) in [5, 5.41) is 4.53. The van der Waals surface area contributed by atoms with E-state index in [2.05, 4.69) is 15.0 Å². The van der Waals surface area contributed by atoms with Gasteiger partial charge in [-0.3, -0.25) is 4.79 Å². The molecule has 4 rings (SSSR count). The number of aromatic nitrogens is 4. The van der Waals surface area contributed by atoms with Gasteiger partial charge >= 0.3 is 0 Å². The molecule has 0 bridgehead atoms. The molecule has 0 N–H and O–H groups in total. The van der Waals surface area contributed by atoms with Crippen LogP contribution in [0, 0.1) is 6.92 Å². The third-order valence-electron chi connectivity index (χ3n) is 6.20. The zero-order valence-corrected chi connectivity index (χ0v) is 18.3. The van der Waals surface area contributed by atoms with Gasteiger partial charge in [-0.05, 0) is 45.4 Å². The molecule has 1 fully saturated rings. The molecule has 0 amide bonds. The van der Waals surface area contributed by atoms with E-state index in [9.17, 15) is 4.79 Å². The first-order valence-electron chi connectivity index (χ1n) is 11.0. The van der Waals surface area contributed by atoms with Gasteiger partial charge < -0.3 is 14.5 Å². The van der Waals surface area contributed by atoms with Gasteiger partial charge in [0.1, 0.15) is 11.6 Å². The summed E-state index contributed by atoms with van der Waals surface area (Å²) in [7, 11) is 3.62. The predicted molar refractivity (Wildman–Crippen MR) is 118 cm³/mol.